The predicted octanol–water partition coefficient (Wildman–Crippen LogP) is 6.44. The van der Waals surface area contributed by atoms with Gasteiger partial charge in [-0.1, -0.05) is 76.1 Å². The highest BCUT2D eigenvalue weighted by molar-refractivity contribution is 7.20. The van der Waals surface area contributed by atoms with Gasteiger partial charge < -0.3 is 30.2 Å². The molecule has 1 unspecified atom stereocenters. The number of amides is 4. The Morgan fingerprint density at radius 1 is 0.891 bits per heavy atom. The zero-order chi connectivity index (χ0) is 39.7. The highest BCUT2D eigenvalue weighted by atomic mass is 32.1. The number of ether oxygens (including phenoxy) is 1. The van der Waals surface area contributed by atoms with Gasteiger partial charge in [-0.2, -0.15) is 5.10 Å². The van der Waals surface area contributed by atoms with E-state index in [0.29, 0.717) is 6.54 Å². The SMILES string of the molecule is CC(=O)NCC(=O)N1CCCC1.CCC.CCC.COC(=O)NCC(=O)N1CCCC1c1cc(-c2cn3cc(-c4ccc(-c5cnc[nH]5)cc4)sc3n2)n[nH]1. The molecule has 4 amide bonds. The van der Waals surface area contributed by atoms with E-state index in [1.807, 2.05) is 16.7 Å². The van der Waals surface area contributed by atoms with Crippen LogP contribution in [0.4, 0.5) is 4.79 Å². The Labute approximate surface area is 326 Å². The van der Waals surface area contributed by atoms with Gasteiger partial charge >= 0.3 is 6.09 Å². The maximum atomic E-state index is 12.6. The van der Waals surface area contributed by atoms with Gasteiger partial charge in [-0.15, -0.1) is 0 Å². The Kier molecular flexibility index (Phi) is 16.4. The van der Waals surface area contributed by atoms with Gasteiger partial charge in [-0.05, 0) is 42.9 Å². The molecule has 0 spiro atoms. The molecule has 5 aromatic rings. The number of methoxy groups -OCH3 is 1. The molecule has 0 bridgehead atoms. The van der Waals surface area contributed by atoms with Gasteiger partial charge in [-0.25, -0.2) is 14.8 Å². The number of fused-ring (bicyclic) bond motifs is 1. The first-order valence-corrected chi connectivity index (χ1v) is 19.7. The molecule has 0 radical (unpaired) electrons. The van der Waals surface area contributed by atoms with Crippen LogP contribution >= 0.6 is 11.3 Å². The van der Waals surface area contributed by atoms with Crippen LogP contribution in [0.3, 0.4) is 0 Å². The molecule has 15 nitrogen and oxygen atoms in total. The van der Waals surface area contributed by atoms with E-state index in [4.69, 9.17) is 4.98 Å². The van der Waals surface area contributed by atoms with Crippen molar-refractivity contribution >= 4 is 40.1 Å². The lowest BCUT2D eigenvalue weighted by molar-refractivity contribution is -0.131. The lowest BCUT2D eigenvalue weighted by Crippen LogP contribution is -2.39. The molecule has 2 aliphatic rings. The Hall–Kier alpha value is -5.51. The fraction of sp³-hybridized carbons (Fsp3) is 0.462. The minimum atomic E-state index is -0.623. The van der Waals surface area contributed by atoms with Crippen molar-refractivity contribution in [3.8, 4) is 33.1 Å². The minimum Gasteiger partial charge on any atom is -0.453 e. The average Bonchev–Trinajstić information content (AvgIpc) is 4.03. The van der Waals surface area contributed by atoms with E-state index in [1.165, 1.54) is 26.9 Å². The van der Waals surface area contributed by atoms with Gasteiger partial charge in [-0.3, -0.25) is 23.9 Å². The van der Waals surface area contributed by atoms with E-state index in [2.05, 4.69) is 93.7 Å². The molecule has 0 saturated carbocycles. The summed E-state index contributed by atoms with van der Waals surface area (Å²) in [5, 5.41) is 12.5. The minimum absolute atomic E-state index is 0.0303. The second-order valence-corrected chi connectivity index (χ2v) is 14.2. The summed E-state index contributed by atoms with van der Waals surface area (Å²) < 4.78 is 6.56. The second kappa shape index (κ2) is 21.4. The number of H-pyrrole nitrogens is 2. The van der Waals surface area contributed by atoms with Crippen LogP contribution < -0.4 is 10.6 Å². The molecule has 55 heavy (non-hydrogen) atoms. The van der Waals surface area contributed by atoms with Crippen LogP contribution in [-0.4, -0.2) is 103 Å². The van der Waals surface area contributed by atoms with Crippen molar-refractivity contribution in [1.82, 2.24) is 50.0 Å². The molecule has 4 N–H and O–H groups in total. The third kappa shape index (κ3) is 12.0. The summed E-state index contributed by atoms with van der Waals surface area (Å²) in [7, 11) is 1.27. The number of nitrogens with zero attached hydrogens (tertiary/aromatic N) is 6. The number of aromatic nitrogens is 6. The summed E-state index contributed by atoms with van der Waals surface area (Å²) in [5.41, 5.74) is 5.53. The molecule has 2 saturated heterocycles. The molecule has 16 heteroatoms. The van der Waals surface area contributed by atoms with Gasteiger partial charge in [0.25, 0.3) is 0 Å². The second-order valence-electron chi connectivity index (χ2n) is 13.2. The number of nitrogens with one attached hydrogen (secondary N) is 4. The van der Waals surface area contributed by atoms with Crippen LogP contribution in [0.25, 0.3) is 38.0 Å². The molecule has 1 atom stereocenters. The molecule has 4 aromatic heterocycles. The van der Waals surface area contributed by atoms with Crippen LogP contribution in [0, 0.1) is 0 Å². The molecule has 1 aromatic carbocycles. The van der Waals surface area contributed by atoms with Gasteiger partial charge in [0.05, 0.1) is 48.5 Å². The lowest BCUT2D eigenvalue weighted by Gasteiger charge is -2.23. The Morgan fingerprint density at radius 2 is 1.56 bits per heavy atom. The van der Waals surface area contributed by atoms with Crippen molar-refractivity contribution in [2.24, 2.45) is 0 Å². The number of aromatic amines is 2. The third-order valence-electron chi connectivity index (χ3n) is 8.44. The van der Waals surface area contributed by atoms with Crippen LogP contribution in [0.15, 0.2) is 55.2 Å². The number of rotatable bonds is 8. The van der Waals surface area contributed by atoms with E-state index < -0.39 is 6.09 Å². The summed E-state index contributed by atoms with van der Waals surface area (Å²) in [5.74, 6) is -0.276. The predicted molar refractivity (Wildman–Crippen MR) is 214 cm³/mol. The number of thiazole rings is 1. The molecule has 0 aliphatic carbocycles. The van der Waals surface area contributed by atoms with Crippen molar-refractivity contribution < 1.29 is 23.9 Å². The average molecular weight is 775 g/mol. The molecular formula is C39H54N10O5S. The summed E-state index contributed by atoms with van der Waals surface area (Å²) in [6.07, 6.45) is 13.3. The number of hydrogen-bond acceptors (Lipinski definition) is 9. The third-order valence-corrected chi connectivity index (χ3v) is 9.49. The number of benzene rings is 1. The molecule has 296 valence electrons. The van der Waals surface area contributed by atoms with Gasteiger partial charge in [0.1, 0.15) is 17.9 Å². The molecule has 7 rings (SSSR count). The summed E-state index contributed by atoms with van der Waals surface area (Å²) in [6.45, 7) is 12.3. The summed E-state index contributed by atoms with van der Waals surface area (Å²) >= 11 is 1.61. The number of carbonyl (C=O) groups is 4. The standard InChI is InChI=1S/C25H24N8O3S.C8H14N2O2.2C3H8/c1-36-25(35)27-11-23(34)33-8-2-3-21(33)18-9-17(30-31-18)20-12-32-13-22(37-24(32)29-20)16-6-4-15(5-7-16)19-10-26-14-28-19;1-7(11)9-6-8(12)10-4-2-3-5-10;2*1-3-2/h4-7,9-10,12-14,21H,2-3,8,11H2,1H3,(H,26,28)(H,27,35)(H,30,31);2-6H2,1H3,(H,9,11);2*3H2,1-2H3. The van der Waals surface area contributed by atoms with Crippen LogP contribution in [-0.2, 0) is 19.1 Å². The topological polar surface area (TPSA) is 183 Å². The maximum Gasteiger partial charge on any atom is 0.407 e. The zero-order valence-electron chi connectivity index (χ0n) is 32.7. The van der Waals surface area contributed by atoms with Gasteiger partial charge in [0.2, 0.25) is 17.7 Å². The Balaban J connectivity index is 0.000000312. The Morgan fingerprint density at radius 3 is 2.18 bits per heavy atom. The number of alkyl carbamates (subject to hydrolysis) is 1. The van der Waals surface area contributed by atoms with Crippen molar-refractivity contribution in [1.29, 1.82) is 0 Å². The molecule has 6 heterocycles. The molecule has 2 fully saturated rings. The van der Waals surface area contributed by atoms with Crippen LogP contribution in [0.2, 0.25) is 0 Å². The number of hydrogen-bond donors (Lipinski definition) is 4. The maximum absolute atomic E-state index is 12.6. The fourth-order valence-electron chi connectivity index (χ4n) is 5.91. The van der Waals surface area contributed by atoms with E-state index in [-0.39, 0.29) is 36.9 Å². The van der Waals surface area contributed by atoms with Crippen LogP contribution in [0.5, 0.6) is 0 Å². The summed E-state index contributed by atoms with van der Waals surface area (Å²) in [4.78, 5) is 63.2. The smallest absolute Gasteiger partial charge is 0.407 e. The largest absolute Gasteiger partial charge is 0.453 e. The van der Waals surface area contributed by atoms with E-state index in [9.17, 15) is 19.2 Å². The van der Waals surface area contributed by atoms with Crippen LogP contribution in [0.1, 0.15) is 84.9 Å². The van der Waals surface area contributed by atoms with Crippen molar-refractivity contribution in [3.05, 3.63) is 60.9 Å². The molecule has 2 aliphatic heterocycles. The fourth-order valence-corrected chi connectivity index (χ4v) is 6.88. The quantitative estimate of drug-likeness (QED) is 0.139. The number of carbonyl (C=O) groups excluding carboxylic acids is 4. The van der Waals surface area contributed by atoms with E-state index >= 15 is 0 Å². The number of likely N-dealkylation sites (tertiary alicyclic amines) is 2. The normalized spacial score (nSPS) is 14.5. The lowest BCUT2D eigenvalue weighted by atomic mass is 10.1. The van der Waals surface area contributed by atoms with E-state index in [1.54, 1.807) is 33.7 Å². The van der Waals surface area contributed by atoms with Gasteiger partial charge in [0.15, 0.2) is 4.96 Å². The first-order chi connectivity index (χ1) is 26.6. The van der Waals surface area contributed by atoms with Crippen molar-refractivity contribution in [2.75, 3.05) is 39.8 Å². The monoisotopic (exact) mass is 774 g/mol. The zero-order valence-corrected chi connectivity index (χ0v) is 33.5. The van der Waals surface area contributed by atoms with Crippen molar-refractivity contribution in [3.63, 3.8) is 0 Å². The first-order valence-electron chi connectivity index (χ1n) is 18.9. The first kappa shape index (κ1) is 42.2. The van der Waals surface area contributed by atoms with E-state index in [0.717, 1.165) is 82.5 Å². The number of imidazole rings is 2. The Bertz CT molecular complexity index is 1910. The highest BCUT2D eigenvalue weighted by Gasteiger charge is 2.31. The van der Waals surface area contributed by atoms with Crippen molar-refractivity contribution in [2.45, 2.75) is 79.2 Å². The summed E-state index contributed by atoms with van der Waals surface area (Å²) in [6, 6.07) is 10.2. The molecular weight excluding hydrogens is 721 g/mol. The van der Waals surface area contributed by atoms with Gasteiger partial charge in [0, 0.05) is 39.0 Å². The highest BCUT2D eigenvalue weighted by Crippen LogP contribution is 2.34.